The number of halogens is 3. The van der Waals surface area contributed by atoms with Crippen molar-refractivity contribution in [2.45, 2.75) is 12.5 Å². The molecule has 1 aromatic rings. The van der Waals surface area contributed by atoms with E-state index in [0.29, 0.717) is 5.02 Å². The molecule has 0 aliphatic rings. The van der Waals surface area contributed by atoms with Gasteiger partial charge in [0, 0.05) is 16.6 Å². The molecule has 0 saturated carbocycles. The molecule has 0 aliphatic carbocycles. The first-order valence-electron chi connectivity index (χ1n) is 3.72. The highest BCUT2D eigenvalue weighted by molar-refractivity contribution is 6.30. The van der Waals surface area contributed by atoms with E-state index in [1.54, 1.807) is 0 Å². The van der Waals surface area contributed by atoms with Crippen LogP contribution in [0.1, 0.15) is 18.0 Å². The Bertz CT molecular complexity index is 349. The van der Waals surface area contributed by atoms with E-state index >= 15 is 0 Å². The minimum atomic E-state index is -0.608. The molecule has 0 radical (unpaired) electrons. The molecule has 0 spiro atoms. The standard InChI is InChI=1S/C9H8ClFN2.ClH/c10-6-1-2-8(11)7(5-6)9(13)3-4-12;/h1-2,5,9H,3,13H2;1H/t9-;/m0./s1. The fourth-order valence-corrected chi connectivity index (χ4v) is 1.19. The SMILES string of the molecule is Cl.N#CC[C@H](N)c1cc(Cl)ccc1F. The maximum absolute atomic E-state index is 13.1. The molecule has 1 rings (SSSR count). The number of nitrogens with two attached hydrogens (primary N) is 1. The highest BCUT2D eigenvalue weighted by Crippen LogP contribution is 2.21. The number of benzene rings is 1. The summed E-state index contributed by atoms with van der Waals surface area (Å²) in [5.74, 6) is -0.424. The summed E-state index contributed by atoms with van der Waals surface area (Å²) in [4.78, 5) is 0. The number of nitriles is 1. The molecule has 76 valence electrons. The van der Waals surface area contributed by atoms with Crippen LogP contribution in [0.3, 0.4) is 0 Å². The molecule has 0 fully saturated rings. The molecule has 0 saturated heterocycles. The highest BCUT2D eigenvalue weighted by Gasteiger charge is 2.10. The zero-order valence-electron chi connectivity index (χ0n) is 7.21. The lowest BCUT2D eigenvalue weighted by molar-refractivity contribution is 0.585. The van der Waals surface area contributed by atoms with Crippen LogP contribution in [-0.4, -0.2) is 0 Å². The van der Waals surface area contributed by atoms with Crippen molar-refractivity contribution in [3.05, 3.63) is 34.6 Å². The Labute approximate surface area is 92.9 Å². The summed E-state index contributed by atoms with van der Waals surface area (Å²) in [5, 5.41) is 8.79. The van der Waals surface area contributed by atoms with Gasteiger partial charge in [0.25, 0.3) is 0 Å². The predicted octanol–water partition coefficient (Wildman–Crippen LogP) is 2.81. The molecule has 2 nitrogen and oxygen atoms in total. The van der Waals surface area contributed by atoms with Crippen LogP contribution in [0.4, 0.5) is 4.39 Å². The third-order valence-electron chi connectivity index (χ3n) is 1.67. The second-order valence-corrected chi connectivity index (χ2v) is 3.07. The van der Waals surface area contributed by atoms with E-state index in [-0.39, 0.29) is 24.4 Å². The first-order chi connectivity index (χ1) is 6.15. The van der Waals surface area contributed by atoms with Crippen molar-refractivity contribution in [3.8, 4) is 6.07 Å². The topological polar surface area (TPSA) is 49.8 Å². The van der Waals surface area contributed by atoms with E-state index in [4.69, 9.17) is 22.6 Å². The van der Waals surface area contributed by atoms with E-state index in [2.05, 4.69) is 0 Å². The Balaban J connectivity index is 0.00000169. The van der Waals surface area contributed by atoms with Gasteiger partial charge in [-0.25, -0.2) is 4.39 Å². The summed E-state index contributed by atoms with van der Waals surface area (Å²) in [6.45, 7) is 0. The van der Waals surface area contributed by atoms with Gasteiger partial charge in [0.2, 0.25) is 0 Å². The zero-order chi connectivity index (χ0) is 9.84. The number of hydrogen-bond donors (Lipinski definition) is 1. The fourth-order valence-electron chi connectivity index (χ4n) is 1.01. The van der Waals surface area contributed by atoms with Crippen LogP contribution < -0.4 is 5.73 Å². The van der Waals surface area contributed by atoms with Gasteiger partial charge >= 0.3 is 0 Å². The predicted molar refractivity (Wildman–Crippen MR) is 55.8 cm³/mol. The van der Waals surface area contributed by atoms with Crippen molar-refractivity contribution in [2.75, 3.05) is 0 Å². The van der Waals surface area contributed by atoms with Crippen molar-refractivity contribution >= 4 is 24.0 Å². The maximum atomic E-state index is 13.1. The molecule has 0 amide bonds. The van der Waals surface area contributed by atoms with Crippen LogP contribution in [0.5, 0.6) is 0 Å². The third-order valence-corrected chi connectivity index (χ3v) is 1.90. The molecule has 0 bridgehead atoms. The van der Waals surface area contributed by atoms with Gasteiger partial charge in [-0.3, -0.25) is 0 Å². The summed E-state index contributed by atoms with van der Waals surface area (Å²) in [6, 6.07) is 5.40. The first kappa shape index (κ1) is 13.2. The summed E-state index contributed by atoms with van der Waals surface area (Å²) < 4.78 is 13.1. The summed E-state index contributed by atoms with van der Waals surface area (Å²) in [6.07, 6.45) is 0.0806. The molecule has 5 heteroatoms. The van der Waals surface area contributed by atoms with Crippen LogP contribution in [0.25, 0.3) is 0 Å². The molecule has 0 aromatic heterocycles. The second kappa shape index (κ2) is 5.82. The first-order valence-corrected chi connectivity index (χ1v) is 4.10. The molecule has 1 aromatic carbocycles. The molecular formula is C9H9Cl2FN2. The highest BCUT2D eigenvalue weighted by atomic mass is 35.5. The normalized spacial score (nSPS) is 11.3. The van der Waals surface area contributed by atoms with Crippen molar-refractivity contribution in [1.29, 1.82) is 5.26 Å². The number of rotatable bonds is 2. The van der Waals surface area contributed by atoms with Gasteiger partial charge in [-0.05, 0) is 18.2 Å². The number of nitrogens with zero attached hydrogens (tertiary/aromatic N) is 1. The zero-order valence-corrected chi connectivity index (χ0v) is 8.78. The van der Waals surface area contributed by atoms with Crippen molar-refractivity contribution < 1.29 is 4.39 Å². The second-order valence-electron chi connectivity index (χ2n) is 2.63. The molecular weight excluding hydrogens is 226 g/mol. The number of hydrogen-bond acceptors (Lipinski definition) is 2. The van der Waals surface area contributed by atoms with E-state index < -0.39 is 11.9 Å². The van der Waals surface area contributed by atoms with Crippen LogP contribution >= 0.6 is 24.0 Å². The monoisotopic (exact) mass is 234 g/mol. The van der Waals surface area contributed by atoms with Gasteiger partial charge in [0.05, 0.1) is 12.5 Å². The molecule has 0 heterocycles. The Hall–Kier alpha value is -0.820. The molecule has 0 unspecified atom stereocenters. The van der Waals surface area contributed by atoms with E-state index in [1.165, 1.54) is 18.2 Å². The molecule has 0 aliphatic heterocycles. The largest absolute Gasteiger partial charge is 0.323 e. The van der Waals surface area contributed by atoms with Gasteiger partial charge in [-0.2, -0.15) is 5.26 Å². The van der Waals surface area contributed by atoms with Crippen LogP contribution in [-0.2, 0) is 0 Å². The van der Waals surface area contributed by atoms with Crippen LogP contribution in [0.15, 0.2) is 18.2 Å². The average Bonchev–Trinajstić information content (AvgIpc) is 2.09. The van der Waals surface area contributed by atoms with Crippen LogP contribution in [0.2, 0.25) is 5.02 Å². The minimum Gasteiger partial charge on any atom is -0.323 e. The van der Waals surface area contributed by atoms with Crippen molar-refractivity contribution in [3.63, 3.8) is 0 Å². The van der Waals surface area contributed by atoms with Crippen LogP contribution in [0, 0.1) is 17.1 Å². The lowest BCUT2D eigenvalue weighted by atomic mass is 10.1. The Morgan fingerprint density at radius 1 is 1.57 bits per heavy atom. The third kappa shape index (κ3) is 3.15. The van der Waals surface area contributed by atoms with Crippen molar-refractivity contribution in [2.24, 2.45) is 5.73 Å². The van der Waals surface area contributed by atoms with Crippen molar-refractivity contribution in [1.82, 2.24) is 0 Å². The van der Waals surface area contributed by atoms with Gasteiger partial charge in [-0.15, -0.1) is 12.4 Å². The van der Waals surface area contributed by atoms with E-state index in [9.17, 15) is 4.39 Å². The lowest BCUT2D eigenvalue weighted by Gasteiger charge is -2.08. The summed E-state index contributed by atoms with van der Waals surface area (Å²) in [7, 11) is 0. The van der Waals surface area contributed by atoms with Gasteiger partial charge in [-0.1, -0.05) is 11.6 Å². The van der Waals surface area contributed by atoms with E-state index in [1.807, 2.05) is 6.07 Å². The van der Waals surface area contributed by atoms with E-state index in [0.717, 1.165) is 0 Å². The quantitative estimate of drug-likeness (QED) is 0.856. The molecule has 1 atom stereocenters. The molecule has 14 heavy (non-hydrogen) atoms. The Morgan fingerprint density at radius 3 is 2.79 bits per heavy atom. The summed E-state index contributed by atoms with van der Waals surface area (Å²) in [5.41, 5.74) is 5.84. The smallest absolute Gasteiger partial charge is 0.128 e. The van der Waals surface area contributed by atoms with Gasteiger partial charge < -0.3 is 5.73 Å². The maximum Gasteiger partial charge on any atom is 0.128 e. The lowest BCUT2D eigenvalue weighted by Crippen LogP contribution is -2.11. The summed E-state index contributed by atoms with van der Waals surface area (Å²) >= 11 is 5.66. The Kier molecular flexibility index (Phi) is 5.47. The van der Waals surface area contributed by atoms with Gasteiger partial charge in [0.1, 0.15) is 5.82 Å². The molecule has 2 N–H and O–H groups in total. The average molecular weight is 235 g/mol. The Morgan fingerprint density at radius 2 is 2.21 bits per heavy atom. The minimum absolute atomic E-state index is 0. The fraction of sp³-hybridized carbons (Fsp3) is 0.222. The van der Waals surface area contributed by atoms with Gasteiger partial charge in [0.15, 0.2) is 0 Å².